The van der Waals surface area contributed by atoms with Crippen molar-refractivity contribution in [1.82, 2.24) is 0 Å². The Balaban J connectivity index is 4.20. The number of hydrogen-bond acceptors (Lipinski definition) is 9. The van der Waals surface area contributed by atoms with Crippen LogP contribution in [-0.4, -0.2) is 65.7 Å². The average Bonchev–Trinajstić information content (AvgIpc) is 3.21. The van der Waals surface area contributed by atoms with Gasteiger partial charge in [0.1, 0.15) is 12.7 Å². The van der Waals surface area contributed by atoms with Crippen LogP contribution in [0.1, 0.15) is 239 Å². The topological polar surface area (TPSA) is 149 Å². The van der Waals surface area contributed by atoms with Crippen molar-refractivity contribution >= 4 is 19.8 Å². The molecule has 0 aromatic rings. The summed E-state index contributed by atoms with van der Waals surface area (Å²) in [5.41, 5.74) is 0. The van der Waals surface area contributed by atoms with Gasteiger partial charge in [-0.2, -0.15) is 0 Å². The van der Waals surface area contributed by atoms with E-state index >= 15 is 0 Å². The summed E-state index contributed by atoms with van der Waals surface area (Å²) >= 11 is 0. The Kier molecular flexibility index (Phi) is 42.8. The lowest BCUT2D eigenvalue weighted by Crippen LogP contribution is -2.29. The van der Waals surface area contributed by atoms with Crippen LogP contribution in [0.2, 0.25) is 0 Å². The Hall–Kier alpha value is -1.29. The molecular formula is C47H91O10P. The highest BCUT2D eigenvalue weighted by molar-refractivity contribution is 7.47. The van der Waals surface area contributed by atoms with Crippen LogP contribution in [0, 0.1) is 0 Å². The van der Waals surface area contributed by atoms with Crippen LogP contribution in [-0.2, 0) is 32.7 Å². The van der Waals surface area contributed by atoms with E-state index in [1.165, 1.54) is 154 Å². The molecule has 344 valence electrons. The maximum Gasteiger partial charge on any atom is 0.472 e. The van der Waals surface area contributed by atoms with Crippen molar-refractivity contribution in [2.24, 2.45) is 0 Å². The number of rotatable bonds is 46. The van der Waals surface area contributed by atoms with E-state index in [2.05, 4.69) is 26.0 Å². The molecule has 10 nitrogen and oxygen atoms in total. The van der Waals surface area contributed by atoms with Gasteiger partial charge in [0, 0.05) is 12.8 Å². The molecule has 3 N–H and O–H groups in total. The van der Waals surface area contributed by atoms with Crippen LogP contribution in [0.4, 0.5) is 0 Å². The van der Waals surface area contributed by atoms with Crippen molar-refractivity contribution in [2.75, 3.05) is 26.4 Å². The fourth-order valence-electron chi connectivity index (χ4n) is 6.93. The number of phosphoric ester groups is 1. The fraction of sp³-hybridized carbons (Fsp3) is 0.915. The lowest BCUT2D eigenvalue weighted by atomic mass is 10.0. The molecule has 0 aliphatic carbocycles. The van der Waals surface area contributed by atoms with Crippen molar-refractivity contribution in [3.8, 4) is 0 Å². The fourth-order valence-corrected chi connectivity index (χ4v) is 7.72. The number of carbonyl (C=O) groups excluding carboxylic acids is 2. The molecule has 0 aliphatic rings. The summed E-state index contributed by atoms with van der Waals surface area (Å²) in [4.78, 5) is 35.1. The van der Waals surface area contributed by atoms with Crippen LogP contribution in [0.3, 0.4) is 0 Å². The molecule has 11 heteroatoms. The Morgan fingerprint density at radius 2 is 0.845 bits per heavy atom. The van der Waals surface area contributed by atoms with E-state index in [1.807, 2.05) is 0 Å². The Morgan fingerprint density at radius 1 is 0.500 bits per heavy atom. The van der Waals surface area contributed by atoms with Gasteiger partial charge in [-0.1, -0.05) is 199 Å². The molecule has 0 rings (SSSR count). The van der Waals surface area contributed by atoms with Gasteiger partial charge in [-0.25, -0.2) is 4.57 Å². The summed E-state index contributed by atoms with van der Waals surface area (Å²) in [7, 11) is -4.62. The zero-order valence-electron chi connectivity index (χ0n) is 37.5. The molecule has 0 aromatic heterocycles. The normalized spacial score (nSPS) is 13.8. The standard InChI is InChI=1S/C47H91O10P/c1-3-5-7-9-11-13-15-17-19-21-22-23-25-27-29-31-33-35-37-39-47(51)57-45(43-56-58(52,53)55-41-44(49)40-48)42-54-46(50)38-36-34-32-30-28-26-24-20-18-16-14-12-10-8-6-4-2/h21-22,44-45,48-49H,3-20,23-43H2,1-2H3,(H,52,53)/b22-21-/t44-,45+/m0/s1. The molecule has 0 bridgehead atoms. The molecular weight excluding hydrogens is 755 g/mol. The highest BCUT2D eigenvalue weighted by Crippen LogP contribution is 2.43. The van der Waals surface area contributed by atoms with Gasteiger partial charge in [0.25, 0.3) is 0 Å². The molecule has 0 aromatic carbocycles. The van der Waals surface area contributed by atoms with Gasteiger partial charge in [-0.05, 0) is 38.5 Å². The highest BCUT2D eigenvalue weighted by atomic mass is 31.2. The number of carbonyl (C=O) groups is 2. The lowest BCUT2D eigenvalue weighted by Gasteiger charge is -2.20. The number of aliphatic hydroxyl groups excluding tert-OH is 2. The van der Waals surface area contributed by atoms with Crippen molar-refractivity contribution in [3.63, 3.8) is 0 Å². The van der Waals surface area contributed by atoms with Crippen molar-refractivity contribution < 1.29 is 47.8 Å². The van der Waals surface area contributed by atoms with Gasteiger partial charge in [0.2, 0.25) is 0 Å². The van der Waals surface area contributed by atoms with Gasteiger partial charge in [-0.3, -0.25) is 18.6 Å². The molecule has 3 atom stereocenters. The predicted molar refractivity (Wildman–Crippen MR) is 238 cm³/mol. The summed E-state index contributed by atoms with van der Waals surface area (Å²) in [5.74, 6) is -0.915. The first-order valence-electron chi connectivity index (χ1n) is 24.1. The third kappa shape index (κ3) is 42.8. The van der Waals surface area contributed by atoms with Crippen molar-refractivity contribution in [2.45, 2.75) is 251 Å². The summed E-state index contributed by atoms with van der Waals surface area (Å²) in [5, 5.41) is 18.4. The second-order valence-electron chi connectivity index (χ2n) is 16.5. The van der Waals surface area contributed by atoms with Crippen molar-refractivity contribution in [1.29, 1.82) is 0 Å². The van der Waals surface area contributed by atoms with Crippen LogP contribution in [0.5, 0.6) is 0 Å². The molecule has 0 amide bonds. The van der Waals surface area contributed by atoms with Crippen LogP contribution >= 0.6 is 7.82 Å². The van der Waals surface area contributed by atoms with Gasteiger partial charge < -0.3 is 24.6 Å². The molecule has 0 fully saturated rings. The summed E-state index contributed by atoms with van der Waals surface area (Å²) in [6, 6.07) is 0. The number of unbranched alkanes of at least 4 members (excludes halogenated alkanes) is 30. The zero-order valence-corrected chi connectivity index (χ0v) is 38.4. The van der Waals surface area contributed by atoms with Gasteiger partial charge in [0.05, 0.1) is 19.8 Å². The quantitative estimate of drug-likeness (QED) is 0.0234. The maximum atomic E-state index is 12.6. The zero-order chi connectivity index (χ0) is 42.6. The SMILES string of the molecule is CCCCCCCCCC/C=C\CCCCCCCCCC(=O)O[C@H](COC(=O)CCCCCCCCCCCCCCCCCC)COP(=O)(O)OC[C@@H](O)CO. The van der Waals surface area contributed by atoms with Crippen LogP contribution in [0.15, 0.2) is 12.2 Å². The molecule has 58 heavy (non-hydrogen) atoms. The first-order valence-corrected chi connectivity index (χ1v) is 25.6. The van der Waals surface area contributed by atoms with Crippen LogP contribution < -0.4 is 0 Å². The Morgan fingerprint density at radius 3 is 1.24 bits per heavy atom. The van der Waals surface area contributed by atoms with Crippen LogP contribution in [0.25, 0.3) is 0 Å². The number of ether oxygens (including phenoxy) is 2. The minimum Gasteiger partial charge on any atom is -0.462 e. The van der Waals surface area contributed by atoms with E-state index in [-0.39, 0.29) is 19.4 Å². The summed E-state index contributed by atoms with van der Waals surface area (Å²) < 4.78 is 32.8. The minimum atomic E-state index is -4.62. The van der Waals surface area contributed by atoms with Gasteiger partial charge in [0.15, 0.2) is 6.10 Å². The van der Waals surface area contributed by atoms with E-state index in [4.69, 9.17) is 23.6 Å². The number of allylic oxidation sites excluding steroid dienone is 2. The Bertz CT molecular complexity index is 977. The van der Waals surface area contributed by atoms with Gasteiger partial charge in [-0.15, -0.1) is 0 Å². The summed E-state index contributed by atoms with van der Waals surface area (Å²) in [6.07, 6.45) is 43.2. The second kappa shape index (κ2) is 43.8. The minimum absolute atomic E-state index is 0.184. The van der Waals surface area contributed by atoms with E-state index in [0.29, 0.717) is 12.8 Å². The molecule has 0 heterocycles. The molecule has 0 saturated carbocycles. The largest absolute Gasteiger partial charge is 0.472 e. The first kappa shape index (κ1) is 56.7. The van der Waals surface area contributed by atoms with E-state index < -0.39 is 51.8 Å². The third-order valence-electron chi connectivity index (χ3n) is 10.7. The maximum absolute atomic E-state index is 12.6. The number of esters is 2. The summed E-state index contributed by atoms with van der Waals surface area (Å²) in [6.45, 7) is 2.42. The molecule has 0 spiro atoms. The van der Waals surface area contributed by atoms with E-state index in [1.54, 1.807) is 0 Å². The smallest absolute Gasteiger partial charge is 0.462 e. The lowest BCUT2D eigenvalue weighted by molar-refractivity contribution is -0.161. The molecule has 0 saturated heterocycles. The monoisotopic (exact) mass is 847 g/mol. The first-order chi connectivity index (χ1) is 28.2. The number of hydrogen-bond donors (Lipinski definition) is 3. The van der Waals surface area contributed by atoms with Gasteiger partial charge >= 0.3 is 19.8 Å². The molecule has 1 unspecified atom stereocenters. The Labute approximate surface area is 356 Å². The highest BCUT2D eigenvalue weighted by Gasteiger charge is 2.27. The second-order valence-corrected chi connectivity index (χ2v) is 17.9. The number of aliphatic hydroxyl groups is 2. The third-order valence-corrected chi connectivity index (χ3v) is 11.6. The molecule has 0 aliphatic heterocycles. The predicted octanol–water partition coefficient (Wildman–Crippen LogP) is 13.2. The number of phosphoric acid groups is 1. The van der Waals surface area contributed by atoms with E-state index in [9.17, 15) is 24.2 Å². The molecule has 0 radical (unpaired) electrons. The average molecular weight is 847 g/mol. The van der Waals surface area contributed by atoms with Crippen molar-refractivity contribution in [3.05, 3.63) is 12.2 Å². The van der Waals surface area contributed by atoms with E-state index in [0.717, 1.165) is 44.9 Å².